The van der Waals surface area contributed by atoms with Gasteiger partial charge in [-0.2, -0.15) is 0 Å². The minimum Gasteiger partial charge on any atom is -0.480 e. The molecule has 0 aromatic rings. The molecule has 0 aromatic heterocycles. The molecule has 0 spiro atoms. The summed E-state index contributed by atoms with van der Waals surface area (Å²) in [7, 11) is 0. The number of carboxylic acids is 1. The second kappa shape index (κ2) is 13.7. The van der Waals surface area contributed by atoms with Crippen molar-refractivity contribution in [2.75, 3.05) is 13.1 Å². The first kappa shape index (κ1) is 27.5. The molecule has 0 aliphatic carbocycles. The first-order valence-electron chi connectivity index (χ1n) is 9.22. The number of aliphatic hydroxyl groups excluding tert-OH is 1. The molecule has 0 saturated heterocycles. The summed E-state index contributed by atoms with van der Waals surface area (Å²) in [4.78, 5) is 62.2. The molecule has 0 fully saturated rings. The van der Waals surface area contributed by atoms with Crippen molar-refractivity contribution in [3.05, 3.63) is 0 Å². The lowest BCUT2D eigenvalue weighted by Gasteiger charge is -2.20. The predicted molar refractivity (Wildman–Crippen MR) is 108 cm³/mol. The summed E-state index contributed by atoms with van der Waals surface area (Å²) in [6.07, 6.45) is -1.38. The van der Waals surface area contributed by atoms with Gasteiger partial charge < -0.3 is 49.1 Å². The fourth-order valence-corrected chi connectivity index (χ4v) is 2.24. The van der Waals surface area contributed by atoms with Gasteiger partial charge in [-0.25, -0.2) is 4.79 Å². The Bertz CT molecular complexity index is 693. The molecule has 0 aliphatic heterocycles. The van der Waals surface area contributed by atoms with E-state index in [1.165, 1.54) is 0 Å². The van der Waals surface area contributed by atoms with Gasteiger partial charge in [-0.3, -0.25) is 24.2 Å². The van der Waals surface area contributed by atoms with Gasteiger partial charge in [0.2, 0.25) is 23.6 Å². The predicted octanol–water partition coefficient (Wildman–Crippen LogP) is -5.21. The zero-order valence-electron chi connectivity index (χ0n) is 17.0. The van der Waals surface area contributed by atoms with Crippen molar-refractivity contribution in [3.8, 4) is 0 Å². The van der Waals surface area contributed by atoms with Crippen LogP contribution >= 0.6 is 0 Å². The molecule has 4 unspecified atom stereocenters. The van der Waals surface area contributed by atoms with Crippen LogP contribution in [0.1, 0.15) is 26.2 Å². The van der Waals surface area contributed by atoms with E-state index in [4.69, 9.17) is 28.0 Å². The van der Waals surface area contributed by atoms with Crippen LogP contribution in [0.4, 0.5) is 0 Å². The lowest BCUT2D eigenvalue weighted by molar-refractivity contribution is -0.144. The molecule has 31 heavy (non-hydrogen) atoms. The van der Waals surface area contributed by atoms with Crippen molar-refractivity contribution in [3.63, 3.8) is 0 Å². The number of hydrogen-bond acceptors (Lipinski definition) is 8. The van der Waals surface area contributed by atoms with E-state index in [1.54, 1.807) is 0 Å². The van der Waals surface area contributed by atoms with E-state index >= 15 is 0 Å². The summed E-state index contributed by atoms with van der Waals surface area (Å²) in [6, 6.07) is -4.01. The highest BCUT2D eigenvalue weighted by Gasteiger charge is 2.27. The Hall–Kier alpha value is -3.46. The molecule has 15 heteroatoms. The topological polar surface area (TPSA) is 278 Å². The van der Waals surface area contributed by atoms with Crippen LogP contribution in [-0.2, 0) is 24.0 Å². The van der Waals surface area contributed by atoms with Gasteiger partial charge in [0.15, 0.2) is 12.0 Å². The van der Waals surface area contributed by atoms with Crippen LogP contribution in [0.5, 0.6) is 0 Å². The number of aliphatic carboxylic acids is 1. The van der Waals surface area contributed by atoms with Crippen molar-refractivity contribution >= 4 is 35.6 Å². The quantitative estimate of drug-likeness (QED) is 0.0694. The van der Waals surface area contributed by atoms with Crippen molar-refractivity contribution in [2.45, 2.75) is 50.4 Å². The highest BCUT2D eigenvalue weighted by molar-refractivity contribution is 5.95. The third-order valence-electron chi connectivity index (χ3n) is 3.83. The maximum Gasteiger partial charge on any atom is 0.328 e. The molecule has 0 rings (SSSR count). The number of nitrogens with one attached hydrogen (secondary N) is 3. The number of nitrogens with two attached hydrogens (primary N) is 4. The summed E-state index contributed by atoms with van der Waals surface area (Å²) < 4.78 is 0. The largest absolute Gasteiger partial charge is 0.480 e. The molecule has 0 saturated carbocycles. The summed E-state index contributed by atoms with van der Waals surface area (Å²) in [5, 5.41) is 24.7. The molecular formula is C16H30N8O7. The zero-order chi connectivity index (χ0) is 24.1. The van der Waals surface area contributed by atoms with Crippen molar-refractivity contribution in [2.24, 2.45) is 27.9 Å². The van der Waals surface area contributed by atoms with Gasteiger partial charge in [-0.1, -0.05) is 0 Å². The number of nitrogens with zero attached hydrogens (tertiary/aromatic N) is 1. The molecule has 176 valence electrons. The van der Waals surface area contributed by atoms with Gasteiger partial charge in [0.25, 0.3) is 0 Å². The van der Waals surface area contributed by atoms with Gasteiger partial charge in [-0.05, 0) is 19.8 Å². The molecule has 0 bridgehead atoms. The van der Waals surface area contributed by atoms with E-state index in [-0.39, 0.29) is 18.9 Å². The zero-order valence-corrected chi connectivity index (χ0v) is 17.0. The summed E-state index contributed by atoms with van der Waals surface area (Å²) in [6.45, 7) is 0.731. The number of primary amides is 1. The van der Waals surface area contributed by atoms with Crippen LogP contribution in [0.15, 0.2) is 4.99 Å². The fraction of sp³-hybridized carbons (Fsp3) is 0.625. The molecule has 15 nitrogen and oxygen atoms in total. The van der Waals surface area contributed by atoms with E-state index < -0.39 is 66.8 Å². The third-order valence-corrected chi connectivity index (χ3v) is 3.83. The van der Waals surface area contributed by atoms with Crippen molar-refractivity contribution in [1.82, 2.24) is 16.0 Å². The smallest absolute Gasteiger partial charge is 0.328 e. The average molecular weight is 446 g/mol. The summed E-state index contributed by atoms with van der Waals surface area (Å²) in [5.74, 6) is -5.05. The lowest BCUT2D eigenvalue weighted by Crippen LogP contribution is -2.55. The number of amides is 4. The highest BCUT2D eigenvalue weighted by atomic mass is 16.4. The van der Waals surface area contributed by atoms with Gasteiger partial charge in [0.1, 0.15) is 6.04 Å². The molecule has 4 amide bonds. The number of hydrogen-bond donors (Lipinski definition) is 9. The summed E-state index contributed by atoms with van der Waals surface area (Å²) >= 11 is 0. The van der Waals surface area contributed by atoms with Crippen LogP contribution < -0.4 is 38.9 Å². The maximum atomic E-state index is 12.3. The number of carbonyl (C=O) groups is 5. The Balaban J connectivity index is 4.81. The number of aliphatic imine (C=N–C) groups is 1. The number of aliphatic hydroxyl groups is 1. The molecular weight excluding hydrogens is 416 g/mol. The van der Waals surface area contributed by atoms with Crippen LogP contribution in [0.25, 0.3) is 0 Å². The van der Waals surface area contributed by atoms with Gasteiger partial charge in [0.05, 0.1) is 25.1 Å². The number of carboxylic acid groups (broad SMARTS) is 1. The minimum absolute atomic E-state index is 0.108. The molecule has 0 heterocycles. The van der Waals surface area contributed by atoms with E-state index in [9.17, 15) is 29.1 Å². The average Bonchev–Trinajstić information content (AvgIpc) is 2.65. The minimum atomic E-state index is -1.58. The normalized spacial score (nSPS) is 14.3. The molecule has 13 N–H and O–H groups in total. The van der Waals surface area contributed by atoms with Gasteiger partial charge >= 0.3 is 5.97 Å². The van der Waals surface area contributed by atoms with Crippen LogP contribution in [0.3, 0.4) is 0 Å². The SMILES string of the molecule is CC(O)C(NC(=O)CNC(=O)C(CC(N)=O)NC(=O)C(N)CCCN=C(N)N)C(=O)O. The Morgan fingerprint density at radius 2 is 1.65 bits per heavy atom. The molecule has 0 aromatic carbocycles. The van der Waals surface area contributed by atoms with Crippen LogP contribution in [0.2, 0.25) is 0 Å². The molecule has 0 aliphatic rings. The van der Waals surface area contributed by atoms with Crippen molar-refractivity contribution < 1.29 is 34.2 Å². The van der Waals surface area contributed by atoms with E-state index in [2.05, 4.69) is 15.6 Å². The Kier molecular flexibility index (Phi) is 12.2. The first-order valence-corrected chi connectivity index (χ1v) is 9.22. The Morgan fingerprint density at radius 1 is 1.03 bits per heavy atom. The molecule has 0 radical (unpaired) electrons. The summed E-state index contributed by atoms with van der Waals surface area (Å²) in [5.41, 5.74) is 21.2. The highest BCUT2D eigenvalue weighted by Crippen LogP contribution is 1.99. The number of rotatable bonds is 14. The second-order valence-electron chi connectivity index (χ2n) is 6.63. The van der Waals surface area contributed by atoms with Crippen molar-refractivity contribution in [1.29, 1.82) is 0 Å². The van der Waals surface area contributed by atoms with E-state index in [0.717, 1.165) is 6.92 Å². The van der Waals surface area contributed by atoms with Crippen LogP contribution in [-0.4, -0.2) is 83.1 Å². The number of carbonyl (C=O) groups excluding carboxylic acids is 4. The number of guanidine groups is 1. The van der Waals surface area contributed by atoms with Crippen LogP contribution in [0, 0.1) is 0 Å². The second-order valence-corrected chi connectivity index (χ2v) is 6.63. The van der Waals surface area contributed by atoms with Gasteiger partial charge in [-0.15, -0.1) is 0 Å². The standard InChI is InChI=1S/C16H30N8O7/c1-7(25)12(15(30)31)24-11(27)6-22-14(29)9(5-10(18)26)23-13(28)8(17)3-2-4-21-16(19)20/h7-9,12,25H,2-6,17H2,1H3,(H2,18,26)(H,22,29)(H,23,28)(H,24,27)(H,30,31)(H4,19,20,21). The van der Waals surface area contributed by atoms with E-state index in [0.29, 0.717) is 6.42 Å². The molecule has 4 atom stereocenters. The van der Waals surface area contributed by atoms with Gasteiger partial charge in [0, 0.05) is 6.54 Å². The van der Waals surface area contributed by atoms with E-state index in [1.807, 2.05) is 5.32 Å². The lowest BCUT2D eigenvalue weighted by atomic mass is 10.1. The Morgan fingerprint density at radius 3 is 2.13 bits per heavy atom. The monoisotopic (exact) mass is 446 g/mol. The fourth-order valence-electron chi connectivity index (χ4n) is 2.24. The maximum absolute atomic E-state index is 12.3. The first-order chi connectivity index (χ1) is 14.3. The third kappa shape index (κ3) is 12.0. The Labute approximate surface area is 178 Å².